The Morgan fingerprint density at radius 2 is 1.79 bits per heavy atom. The summed E-state index contributed by atoms with van der Waals surface area (Å²) in [6.07, 6.45) is 1.75. The van der Waals surface area contributed by atoms with Crippen molar-refractivity contribution in [2.24, 2.45) is 0 Å². The Balaban J connectivity index is 1.20. The van der Waals surface area contributed by atoms with E-state index in [0.717, 1.165) is 47.6 Å². The molecule has 1 aliphatic rings. The van der Waals surface area contributed by atoms with Crippen LogP contribution in [-0.4, -0.2) is 27.2 Å². The SMILES string of the molecule is N#Cc1ccc(COc2cccc(-c3ccc(Cc4nc5ccccc5n4C[C@@H]4CCO4)cc3F)n2)cc1. The third-order valence-corrected chi connectivity index (χ3v) is 6.78. The van der Waals surface area contributed by atoms with Crippen molar-refractivity contribution in [3.8, 4) is 23.2 Å². The van der Waals surface area contributed by atoms with Gasteiger partial charge in [0.2, 0.25) is 5.88 Å². The molecule has 0 saturated carbocycles. The predicted octanol–water partition coefficient (Wildman–Crippen LogP) is 6.07. The Morgan fingerprint density at radius 1 is 0.974 bits per heavy atom. The van der Waals surface area contributed by atoms with Crippen LogP contribution in [0.4, 0.5) is 4.39 Å². The minimum atomic E-state index is -0.343. The number of nitrogens with zero attached hydrogens (tertiary/aromatic N) is 4. The molecule has 3 heterocycles. The minimum Gasteiger partial charge on any atom is -0.473 e. The Labute approximate surface area is 219 Å². The highest BCUT2D eigenvalue weighted by Crippen LogP contribution is 2.27. The molecule has 0 spiro atoms. The lowest BCUT2D eigenvalue weighted by Gasteiger charge is -2.27. The first-order valence-electron chi connectivity index (χ1n) is 12.6. The molecular weight excluding hydrogens is 479 g/mol. The first kappa shape index (κ1) is 23.8. The fraction of sp³-hybridized carbons (Fsp3) is 0.194. The predicted molar refractivity (Wildman–Crippen MR) is 142 cm³/mol. The number of ether oxygens (including phenoxy) is 2. The average Bonchev–Trinajstić information content (AvgIpc) is 3.26. The second-order valence-electron chi connectivity index (χ2n) is 9.36. The summed E-state index contributed by atoms with van der Waals surface area (Å²) < 4.78 is 29.0. The van der Waals surface area contributed by atoms with Crippen LogP contribution in [0, 0.1) is 17.1 Å². The zero-order valence-electron chi connectivity index (χ0n) is 20.7. The van der Waals surface area contributed by atoms with E-state index in [0.29, 0.717) is 35.7 Å². The quantitative estimate of drug-likeness (QED) is 0.257. The highest BCUT2D eigenvalue weighted by atomic mass is 19.1. The van der Waals surface area contributed by atoms with Gasteiger partial charge in [0, 0.05) is 24.7 Å². The number of rotatable bonds is 8. The highest BCUT2D eigenvalue weighted by Gasteiger charge is 2.22. The molecule has 0 N–H and O–H groups in total. The molecule has 1 atom stereocenters. The molecule has 1 saturated heterocycles. The monoisotopic (exact) mass is 504 g/mol. The summed E-state index contributed by atoms with van der Waals surface area (Å²) in [4.78, 5) is 9.35. The number of hydrogen-bond acceptors (Lipinski definition) is 5. The van der Waals surface area contributed by atoms with Gasteiger partial charge in [-0.2, -0.15) is 5.26 Å². The molecule has 5 aromatic rings. The largest absolute Gasteiger partial charge is 0.473 e. The van der Waals surface area contributed by atoms with E-state index in [-0.39, 0.29) is 11.9 Å². The third kappa shape index (κ3) is 4.99. The highest BCUT2D eigenvalue weighted by molar-refractivity contribution is 5.76. The molecule has 1 fully saturated rings. The standard InChI is InChI=1S/C31H25FN4O2/c32-26-16-23(17-30-34-28-4-1-2-6-29(28)36(30)19-24-14-15-37-24)12-13-25(26)27-5-3-7-31(35-27)38-20-22-10-8-21(18-33)9-11-22/h1-13,16,24H,14-15,17,19-20H2/t24-/m0/s1. The van der Waals surface area contributed by atoms with Crippen LogP contribution in [0.1, 0.15) is 28.9 Å². The zero-order chi connectivity index (χ0) is 25.9. The molecule has 6 nitrogen and oxygen atoms in total. The van der Waals surface area contributed by atoms with Gasteiger partial charge in [0.15, 0.2) is 0 Å². The number of imidazole rings is 1. The molecule has 0 unspecified atom stereocenters. The first-order chi connectivity index (χ1) is 18.7. The van der Waals surface area contributed by atoms with Crippen LogP contribution in [-0.2, 0) is 24.3 Å². The maximum atomic E-state index is 15.3. The molecule has 0 amide bonds. The molecule has 0 bridgehead atoms. The van der Waals surface area contributed by atoms with Gasteiger partial charge < -0.3 is 14.0 Å². The van der Waals surface area contributed by atoms with Gasteiger partial charge in [-0.1, -0.05) is 36.4 Å². The van der Waals surface area contributed by atoms with E-state index in [1.165, 1.54) is 0 Å². The minimum absolute atomic E-state index is 0.197. The van der Waals surface area contributed by atoms with Gasteiger partial charge in [-0.15, -0.1) is 0 Å². The maximum absolute atomic E-state index is 15.3. The van der Waals surface area contributed by atoms with Gasteiger partial charge in [-0.05, 0) is 60.0 Å². The van der Waals surface area contributed by atoms with Gasteiger partial charge in [0.25, 0.3) is 0 Å². The second kappa shape index (κ2) is 10.4. The molecule has 38 heavy (non-hydrogen) atoms. The number of pyridine rings is 1. The summed E-state index contributed by atoms with van der Waals surface area (Å²) in [6.45, 7) is 1.85. The van der Waals surface area contributed by atoms with Crippen molar-refractivity contribution in [1.82, 2.24) is 14.5 Å². The van der Waals surface area contributed by atoms with Crippen LogP contribution in [0.5, 0.6) is 5.88 Å². The van der Waals surface area contributed by atoms with E-state index in [1.807, 2.05) is 36.4 Å². The fourth-order valence-corrected chi connectivity index (χ4v) is 4.63. The molecule has 1 aliphatic heterocycles. The Kier molecular flexibility index (Phi) is 6.55. The van der Waals surface area contributed by atoms with Crippen LogP contribution < -0.4 is 4.74 Å². The lowest BCUT2D eigenvalue weighted by atomic mass is 10.1. The van der Waals surface area contributed by atoms with E-state index < -0.39 is 0 Å². The molecular formula is C31H25FN4O2. The Morgan fingerprint density at radius 3 is 2.55 bits per heavy atom. The third-order valence-electron chi connectivity index (χ3n) is 6.78. The van der Waals surface area contributed by atoms with Crippen molar-refractivity contribution in [1.29, 1.82) is 5.26 Å². The van der Waals surface area contributed by atoms with Gasteiger partial charge in [0.1, 0.15) is 18.2 Å². The Hall–Kier alpha value is -4.54. The van der Waals surface area contributed by atoms with Crippen LogP contribution in [0.3, 0.4) is 0 Å². The topological polar surface area (TPSA) is 73.0 Å². The summed E-state index contributed by atoms with van der Waals surface area (Å²) in [5.74, 6) is 0.955. The van der Waals surface area contributed by atoms with Crippen LogP contribution in [0.15, 0.2) is 84.9 Å². The molecule has 0 radical (unpaired) electrons. The number of halogens is 1. The van der Waals surface area contributed by atoms with Crippen molar-refractivity contribution >= 4 is 11.0 Å². The number of nitriles is 1. The van der Waals surface area contributed by atoms with E-state index in [9.17, 15) is 0 Å². The smallest absolute Gasteiger partial charge is 0.214 e. The molecule has 3 aromatic carbocycles. The fourth-order valence-electron chi connectivity index (χ4n) is 4.63. The lowest BCUT2D eigenvalue weighted by Crippen LogP contribution is -2.31. The molecule has 6 rings (SSSR count). The summed E-state index contributed by atoms with van der Waals surface area (Å²) in [5, 5.41) is 8.94. The van der Waals surface area contributed by atoms with Crippen LogP contribution in [0.2, 0.25) is 0 Å². The van der Waals surface area contributed by atoms with Crippen molar-refractivity contribution in [2.45, 2.75) is 32.1 Å². The van der Waals surface area contributed by atoms with E-state index in [1.54, 1.807) is 42.5 Å². The van der Waals surface area contributed by atoms with Gasteiger partial charge in [-0.3, -0.25) is 0 Å². The number of para-hydroxylation sites is 2. The van der Waals surface area contributed by atoms with Gasteiger partial charge in [-0.25, -0.2) is 14.4 Å². The maximum Gasteiger partial charge on any atom is 0.214 e. The van der Waals surface area contributed by atoms with Crippen molar-refractivity contribution in [3.05, 3.63) is 113 Å². The molecule has 7 heteroatoms. The summed E-state index contributed by atoms with van der Waals surface area (Å²) >= 11 is 0. The zero-order valence-corrected chi connectivity index (χ0v) is 20.7. The van der Waals surface area contributed by atoms with Crippen LogP contribution >= 0.6 is 0 Å². The normalized spacial score (nSPS) is 14.7. The number of benzene rings is 3. The van der Waals surface area contributed by atoms with E-state index in [2.05, 4.69) is 21.7 Å². The number of hydrogen-bond donors (Lipinski definition) is 0. The second-order valence-corrected chi connectivity index (χ2v) is 9.36. The summed E-state index contributed by atoms with van der Waals surface area (Å²) in [6, 6.07) is 27.9. The summed E-state index contributed by atoms with van der Waals surface area (Å²) in [7, 11) is 0. The molecule has 2 aromatic heterocycles. The first-order valence-corrected chi connectivity index (χ1v) is 12.6. The van der Waals surface area contributed by atoms with Crippen molar-refractivity contribution < 1.29 is 13.9 Å². The number of fused-ring (bicyclic) bond motifs is 1. The van der Waals surface area contributed by atoms with Crippen LogP contribution in [0.25, 0.3) is 22.3 Å². The number of aromatic nitrogens is 3. The molecule has 188 valence electrons. The lowest BCUT2D eigenvalue weighted by molar-refractivity contribution is -0.0589. The van der Waals surface area contributed by atoms with Gasteiger partial charge >= 0.3 is 0 Å². The Bertz CT molecular complexity index is 1630. The van der Waals surface area contributed by atoms with E-state index in [4.69, 9.17) is 19.7 Å². The van der Waals surface area contributed by atoms with E-state index >= 15 is 4.39 Å². The average molecular weight is 505 g/mol. The molecule has 0 aliphatic carbocycles. The van der Waals surface area contributed by atoms with Gasteiger partial charge in [0.05, 0.1) is 41.0 Å². The summed E-state index contributed by atoms with van der Waals surface area (Å²) in [5.41, 5.74) is 5.26. The van der Waals surface area contributed by atoms with Crippen molar-refractivity contribution in [2.75, 3.05) is 6.61 Å². The van der Waals surface area contributed by atoms with Crippen molar-refractivity contribution in [3.63, 3.8) is 0 Å².